The molecule has 0 saturated carbocycles. The Bertz CT molecular complexity index is 1380. The van der Waals surface area contributed by atoms with Crippen LogP contribution in [0.1, 0.15) is 57.3 Å². The fourth-order valence-corrected chi connectivity index (χ4v) is 4.95. The Morgan fingerprint density at radius 3 is 1.82 bits per heavy atom. The highest BCUT2D eigenvalue weighted by Crippen LogP contribution is 2.24. The molecule has 1 saturated heterocycles. The van der Waals surface area contributed by atoms with E-state index >= 15 is 0 Å². The normalized spacial score (nSPS) is 13.9. The van der Waals surface area contributed by atoms with Crippen molar-refractivity contribution in [2.45, 2.75) is 39.5 Å². The number of hydrogen-bond acceptors (Lipinski definition) is 4. The predicted octanol–water partition coefficient (Wildman–Crippen LogP) is 7.15. The van der Waals surface area contributed by atoms with Crippen LogP contribution in [0.2, 0.25) is 0 Å². The molecule has 5 heteroatoms. The molecule has 1 aliphatic rings. The van der Waals surface area contributed by atoms with Crippen LogP contribution < -0.4 is 10.2 Å². The average molecular weight is 506 g/mol. The first kappa shape index (κ1) is 25.5. The summed E-state index contributed by atoms with van der Waals surface area (Å²) in [7, 11) is 0. The summed E-state index contributed by atoms with van der Waals surface area (Å²) in [5.74, 6) is 1.04. The van der Waals surface area contributed by atoms with Gasteiger partial charge in [-0.25, -0.2) is 0 Å². The van der Waals surface area contributed by atoms with E-state index < -0.39 is 0 Å². The van der Waals surface area contributed by atoms with Crippen molar-refractivity contribution in [3.05, 3.63) is 113 Å². The molecule has 194 valence electrons. The first-order valence-electron chi connectivity index (χ1n) is 13.4. The first-order valence-corrected chi connectivity index (χ1v) is 13.4. The highest BCUT2D eigenvalue weighted by Gasteiger charge is 2.16. The average Bonchev–Trinajstić information content (AvgIpc) is 3.38. The molecule has 2 N–H and O–H groups in total. The van der Waals surface area contributed by atoms with Gasteiger partial charge in [0.2, 0.25) is 0 Å². The number of aromatic amines is 1. The number of Topliss-reactive ketones (excluding diaryl/α,β-unsaturated/α-hetero) is 2. The molecule has 4 aromatic rings. The summed E-state index contributed by atoms with van der Waals surface area (Å²) >= 11 is 0. The van der Waals surface area contributed by atoms with Crippen molar-refractivity contribution in [2.75, 3.05) is 23.3 Å². The lowest BCUT2D eigenvalue weighted by molar-refractivity contribution is 0.0985. The Balaban J connectivity index is 1.13. The van der Waals surface area contributed by atoms with Crippen LogP contribution in [0, 0.1) is 12.8 Å². The second kappa shape index (κ2) is 11.5. The summed E-state index contributed by atoms with van der Waals surface area (Å²) in [6.07, 6.45) is 4.97. The highest BCUT2D eigenvalue weighted by atomic mass is 16.1. The number of ketones is 2. The SMILES string of the molecule is Cc1cc(C(=O)Cc2ccc(Nc3ccc(CC(=O)c4ccc(N5CCC(C)CC5)cc4)cc3)cc2)c[nH]1. The van der Waals surface area contributed by atoms with Gasteiger partial charge in [-0.05, 0) is 91.4 Å². The molecular weight excluding hydrogens is 470 g/mol. The number of benzene rings is 3. The highest BCUT2D eigenvalue weighted by molar-refractivity contribution is 5.98. The number of piperidine rings is 1. The van der Waals surface area contributed by atoms with Crippen LogP contribution >= 0.6 is 0 Å². The second-order valence-corrected chi connectivity index (χ2v) is 10.5. The standard InChI is InChI=1S/C33H35N3O2/c1-23-15-17-36(18-16-23)31-13-7-27(8-14-31)32(37)20-25-3-9-29(10-4-25)35-30-11-5-26(6-12-30)21-33(38)28-19-24(2)34-22-28/h3-14,19,22-23,34-35H,15-18,20-21H2,1-2H3. The molecule has 1 aliphatic heterocycles. The first-order chi connectivity index (χ1) is 18.4. The van der Waals surface area contributed by atoms with Crippen LogP contribution in [0.25, 0.3) is 0 Å². The van der Waals surface area contributed by atoms with Crippen LogP contribution in [0.3, 0.4) is 0 Å². The Kier molecular flexibility index (Phi) is 7.73. The van der Waals surface area contributed by atoms with Crippen LogP contribution in [-0.4, -0.2) is 29.6 Å². The summed E-state index contributed by atoms with van der Waals surface area (Å²) in [4.78, 5) is 30.8. The Morgan fingerprint density at radius 1 is 0.789 bits per heavy atom. The van der Waals surface area contributed by atoms with Crippen molar-refractivity contribution in [3.63, 3.8) is 0 Å². The smallest absolute Gasteiger partial charge is 0.168 e. The number of carbonyl (C=O) groups is 2. The van der Waals surface area contributed by atoms with E-state index in [1.165, 1.54) is 18.5 Å². The van der Waals surface area contributed by atoms with Gasteiger partial charge in [0, 0.05) is 66.0 Å². The molecule has 0 bridgehead atoms. The largest absolute Gasteiger partial charge is 0.372 e. The minimum Gasteiger partial charge on any atom is -0.372 e. The number of nitrogens with zero attached hydrogens (tertiary/aromatic N) is 1. The molecule has 0 atom stereocenters. The van der Waals surface area contributed by atoms with Crippen LogP contribution in [0.4, 0.5) is 17.1 Å². The molecule has 1 aromatic heterocycles. The fourth-order valence-electron chi connectivity index (χ4n) is 4.95. The van der Waals surface area contributed by atoms with Crippen molar-refractivity contribution < 1.29 is 9.59 Å². The van der Waals surface area contributed by atoms with Gasteiger partial charge in [-0.15, -0.1) is 0 Å². The van der Waals surface area contributed by atoms with Gasteiger partial charge in [-0.3, -0.25) is 9.59 Å². The molecule has 3 aromatic carbocycles. The van der Waals surface area contributed by atoms with Crippen molar-refractivity contribution >= 4 is 28.6 Å². The lowest BCUT2D eigenvalue weighted by atomic mass is 9.98. The number of H-pyrrole nitrogens is 1. The zero-order chi connectivity index (χ0) is 26.5. The Hall–Kier alpha value is -4.12. The molecule has 0 spiro atoms. The zero-order valence-electron chi connectivity index (χ0n) is 22.2. The maximum Gasteiger partial charge on any atom is 0.168 e. The number of rotatable bonds is 9. The van der Waals surface area contributed by atoms with Gasteiger partial charge in [0.15, 0.2) is 11.6 Å². The van der Waals surface area contributed by atoms with Crippen LogP contribution in [0.15, 0.2) is 85.1 Å². The quantitative estimate of drug-likeness (QED) is 0.237. The maximum absolute atomic E-state index is 12.9. The van der Waals surface area contributed by atoms with Gasteiger partial charge in [0.25, 0.3) is 0 Å². The zero-order valence-corrected chi connectivity index (χ0v) is 22.2. The lowest BCUT2D eigenvalue weighted by Crippen LogP contribution is -2.32. The third-order valence-electron chi connectivity index (χ3n) is 7.41. The predicted molar refractivity (Wildman–Crippen MR) is 155 cm³/mol. The number of hydrogen-bond donors (Lipinski definition) is 2. The molecule has 2 heterocycles. The van der Waals surface area contributed by atoms with E-state index in [2.05, 4.69) is 34.3 Å². The van der Waals surface area contributed by atoms with Crippen LogP contribution in [0.5, 0.6) is 0 Å². The molecule has 5 rings (SSSR count). The molecular formula is C33H35N3O2. The maximum atomic E-state index is 12.9. The van der Waals surface area contributed by atoms with E-state index in [0.29, 0.717) is 18.4 Å². The van der Waals surface area contributed by atoms with Crippen LogP contribution in [-0.2, 0) is 12.8 Å². The van der Waals surface area contributed by atoms with Crippen molar-refractivity contribution in [3.8, 4) is 0 Å². The van der Waals surface area contributed by atoms with Gasteiger partial charge < -0.3 is 15.2 Å². The number of aromatic nitrogens is 1. The van der Waals surface area contributed by atoms with E-state index in [4.69, 9.17) is 0 Å². The molecule has 38 heavy (non-hydrogen) atoms. The summed E-state index contributed by atoms with van der Waals surface area (Å²) in [5, 5.41) is 3.39. The van der Waals surface area contributed by atoms with E-state index in [0.717, 1.165) is 52.8 Å². The number of aryl methyl sites for hydroxylation is 1. The van der Waals surface area contributed by atoms with E-state index in [1.54, 1.807) is 6.20 Å². The summed E-state index contributed by atoms with van der Waals surface area (Å²) in [5.41, 5.74) is 7.53. The van der Waals surface area contributed by atoms with Gasteiger partial charge in [0.1, 0.15) is 0 Å². The molecule has 0 aliphatic carbocycles. The third-order valence-corrected chi connectivity index (χ3v) is 7.41. The fraction of sp³-hybridized carbons (Fsp3) is 0.273. The van der Waals surface area contributed by atoms with Crippen molar-refractivity contribution in [2.24, 2.45) is 5.92 Å². The summed E-state index contributed by atoms with van der Waals surface area (Å²) in [6.45, 7) is 6.44. The monoisotopic (exact) mass is 505 g/mol. The Labute approximate surface area is 224 Å². The van der Waals surface area contributed by atoms with Crippen molar-refractivity contribution in [1.29, 1.82) is 0 Å². The van der Waals surface area contributed by atoms with Gasteiger partial charge in [-0.1, -0.05) is 31.2 Å². The molecule has 0 unspecified atom stereocenters. The second-order valence-electron chi connectivity index (χ2n) is 10.5. The number of nitrogens with one attached hydrogen (secondary N) is 2. The van der Waals surface area contributed by atoms with E-state index in [-0.39, 0.29) is 11.6 Å². The van der Waals surface area contributed by atoms with Gasteiger partial charge in [-0.2, -0.15) is 0 Å². The third kappa shape index (κ3) is 6.41. The molecule has 5 nitrogen and oxygen atoms in total. The number of carbonyl (C=O) groups excluding carboxylic acids is 2. The van der Waals surface area contributed by atoms with E-state index in [1.807, 2.05) is 73.7 Å². The molecule has 1 fully saturated rings. The summed E-state index contributed by atoms with van der Waals surface area (Å²) < 4.78 is 0. The topological polar surface area (TPSA) is 65.2 Å². The Morgan fingerprint density at radius 2 is 1.32 bits per heavy atom. The summed E-state index contributed by atoms with van der Waals surface area (Å²) in [6, 6.07) is 25.9. The number of anilines is 3. The molecule has 0 radical (unpaired) electrons. The van der Waals surface area contributed by atoms with E-state index in [9.17, 15) is 9.59 Å². The minimum absolute atomic E-state index is 0.104. The van der Waals surface area contributed by atoms with Gasteiger partial charge in [0.05, 0.1) is 0 Å². The lowest BCUT2D eigenvalue weighted by Gasteiger charge is -2.32. The van der Waals surface area contributed by atoms with Gasteiger partial charge >= 0.3 is 0 Å². The van der Waals surface area contributed by atoms with Crippen molar-refractivity contribution in [1.82, 2.24) is 4.98 Å². The minimum atomic E-state index is 0.104. The molecule has 0 amide bonds.